The Kier molecular flexibility index (Phi) is 6.21. The van der Waals surface area contributed by atoms with E-state index < -0.39 is 4.92 Å². The lowest BCUT2D eigenvalue weighted by molar-refractivity contribution is -0.385. The molecule has 2 aromatic carbocycles. The number of benzene rings is 2. The third-order valence-corrected chi connectivity index (χ3v) is 5.55. The van der Waals surface area contributed by atoms with E-state index in [1.165, 1.54) is 19.2 Å². The van der Waals surface area contributed by atoms with E-state index in [2.05, 4.69) is 0 Å². The van der Waals surface area contributed by atoms with Crippen molar-refractivity contribution in [3.8, 4) is 23.0 Å². The van der Waals surface area contributed by atoms with Gasteiger partial charge in [-0.05, 0) is 44.2 Å². The minimum atomic E-state index is -0.571. The minimum Gasteiger partial charge on any atom is -0.496 e. The quantitative estimate of drug-likeness (QED) is 0.288. The molecule has 0 bridgehead atoms. The van der Waals surface area contributed by atoms with E-state index in [1.54, 1.807) is 12.1 Å². The van der Waals surface area contributed by atoms with Crippen molar-refractivity contribution in [3.63, 3.8) is 0 Å². The highest BCUT2D eigenvalue weighted by atomic mass is 16.6. The molecule has 0 N–H and O–H groups in total. The number of para-hydroxylation sites is 2. The number of hydrogen-bond donors (Lipinski definition) is 0. The minimum absolute atomic E-state index is 0.00868. The number of Topliss-reactive ketones (excluding diaryl/α,β-unsaturated/α-hetero) is 1. The third-order valence-electron chi connectivity index (χ3n) is 5.55. The summed E-state index contributed by atoms with van der Waals surface area (Å²) in [5.74, 6) is 1.48. The molecule has 0 spiro atoms. The van der Waals surface area contributed by atoms with Crippen LogP contribution in [0.4, 0.5) is 5.69 Å². The molecule has 1 aromatic heterocycles. The zero-order chi connectivity index (χ0) is 23.5. The van der Waals surface area contributed by atoms with Gasteiger partial charge in [-0.25, -0.2) is 0 Å². The molecule has 0 aliphatic carbocycles. The second kappa shape index (κ2) is 9.23. The summed E-state index contributed by atoms with van der Waals surface area (Å²) in [5, 5.41) is 11.3. The Morgan fingerprint density at radius 3 is 2.67 bits per heavy atom. The van der Waals surface area contributed by atoms with E-state index in [0.29, 0.717) is 30.2 Å². The highest BCUT2D eigenvalue weighted by molar-refractivity contribution is 5.98. The second-order valence-electron chi connectivity index (χ2n) is 7.70. The third kappa shape index (κ3) is 4.62. The van der Waals surface area contributed by atoms with Crippen molar-refractivity contribution in [2.24, 2.45) is 0 Å². The number of fused-ring (bicyclic) bond motifs is 1. The summed E-state index contributed by atoms with van der Waals surface area (Å²) in [6.45, 7) is 4.36. The van der Waals surface area contributed by atoms with Crippen molar-refractivity contribution in [3.05, 3.63) is 75.6 Å². The summed E-state index contributed by atoms with van der Waals surface area (Å²) in [6, 6.07) is 13.5. The predicted molar refractivity (Wildman–Crippen MR) is 120 cm³/mol. The Morgan fingerprint density at radius 2 is 1.94 bits per heavy atom. The van der Waals surface area contributed by atoms with Crippen molar-refractivity contribution in [2.45, 2.75) is 26.5 Å². The fourth-order valence-electron chi connectivity index (χ4n) is 3.83. The van der Waals surface area contributed by atoms with Gasteiger partial charge in [0.25, 0.3) is 0 Å². The van der Waals surface area contributed by atoms with E-state index in [9.17, 15) is 14.9 Å². The fraction of sp³-hybridized carbons (Fsp3) is 0.292. The Bertz CT molecular complexity index is 1200. The van der Waals surface area contributed by atoms with Crippen LogP contribution in [0.2, 0.25) is 0 Å². The van der Waals surface area contributed by atoms with Gasteiger partial charge in [0.1, 0.15) is 12.4 Å². The molecule has 0 unspecified atom stereocenters. The van der Waals surface area contributed by atoms with Gasteiger partial charge in [-0.2, -0.15) is 0 Å². The SMILES string of the molecule is COc1ccc(OCC(=O)c2cc(C)n(C[C@H]3COc4ccccc4O3)c2C)c([N+](=O)[O-])c1. The number of carbonyl (C=O) groups is 1. The van der Waals surface area contributed by atoms with Gasteiger partial charge in [0, 0.05) is 17.0 Å². The smallest absolute Gasteiger partial charge is 0.314 e. The summed E-state index contributed by atoms with van der Waals surface area (Å²) in [4.78, 5) is 23.6. The van der Waals surface area contributed by atoms with Crippen LogP contribution >= 0.6 is 0 Å². The predicted octanol–water partition coefficient (Wildman–Crippen LogP) is 4.12. The standard InChI is InChI=1S/C24H24N2O7/c1-15-10-19(21(27)14-32-22-9-8-17(30-3)11-20(22)26(28)29)16(2)25(15)12-18-13-31-23-6-4-5-7-24(23)33-18/h4-11,18H,12-14H2,1-3H3/t18-/m0/s1. The lowest BCUT2D eigenvalue weighted by Crippen LogP contribution is -2.33. The zero-order valence-corrected chi connectivity index (χ0v) is 18.6. The number of rotatable bonds is 8. The molecule has 172 valence electrons. The molecular formula is C24H24N2O7. The van der Waals surface area contributed by atoms with Gasteiger partial charge in [0.15, 0.2) is 30.0 Å². The van der Waals surface area contributed by atoms with Crippen LogP contribution < -0.4 is 18.9 Å². The van der Waals surface area contributed by atoms with Crippen LogP contribution in [0.25, 0.3) is 0 Å². The Morgan fingerprint density at radius 1 is 1.18 bits per heavy atom. The molecule has 0 saturated heterocycles. The first-order chi connectivity index (χ1) is 15.9. The molecule has 2 heterocycles. The van der Waals surface area contributed by atoms with Crippen LogP contribution in [0.15, 0.2) is 48.5 Å². The molecule has 0 radical (unpaired) electrons. The number of nitro groups is 1. The summed E-state index contributed by atoms with van der Waals surface area (Å²) in [7, 11) is 1.42. The lowest BCUT2D eigenvalue weighted by atomic mass is 10.1. The number of hydrogen-bond acceptors (Lipinski definition) is 7. The maximum absolute atomic E-state index is 12.9. The summed E-state index contributed by atoms with van der Waals surface area (Å²) < 4.78 is 24.4. The normalized spacial score (nSPS) is 14.6. The molecule has 0 amide bonds. The molecule has 4 rings (SSSR count). The van der Waals surface area contributed by atoms with Gasteiger partial charge < -0.3 is 23.5 Å². The maximum Gasteiger partial charge on any atom is 0.314 e. The lowest BCUT2D eigenvalue weighted by Gasteiger charge is -2.27. The molecule has 1 aliphatic rings. The maximum atomic E-state index is 12.9. The zero-order valence-electron chi connectivity index (χ0n) is 18.6. The van der Waals surface area contributed by atoms with Crippen LogP contribution in [0.5, 0.6) is 23.0 Å². The number of aromatic nitrogens is 1. The molecule has 9 nitrogen and oxygen atoms in total. The van der Waals surface area contributed by atoms with Crippen LogP contribution in [-0.4, -0.2) is 41.7 Å². The fourth-order valence-corrected chi connectivity index (χ4v) is 3.83. The van der Waals surface area contributed by atoms with Gasteiger partial charge in [0.05, 0.1) is 24.6 Å². The highest BCUT2D eigenvalue weighted by Crippen LogP contribution is 2.32. The van der Waals surface area contributed by atoms with E-state index in [-0.39, 0.29) is 29.9 Å². The first kappa shape index (κ1) is 22.2. The van der Waals surface area contributed by atoms with Crippen molar-refractivity contribution >= 4 is 11.5 Å². The second-order valence-corrected chi connectivity index (χ2v) is 7.70. The molecule has 1 atom stereocenters. The molecular weight excluding hydrogens is 428 g/mol. The average Bonchev–Trinajstić information content (AvgIpc) is 3.10. The Hall–Kier alpha value is -4.01. The van der Waals surface area contributed by atoms with Crippen molar-refractivity contribution in [1.29, 1.82) is 0 Å². The van der Waals surface area contributed by atoms with Crippen molar-refractivity contribution in [2.75, 3.05) is 20.3 Å². The van der Waals surface area contributed by atoms with Crippen LogP contribution in [0.3, 0.4) is 0 Å². The van der Waals surface area contributed by atoms with Gasteiger partial charge in [-0.15, -0.1) is 0 Å². The van der Waals surface area contributed by atoms with E-state index >= 15 is 0 Å². The first-order valence-electron chi connectivity index (χ1n) is 10.4. The highest BCUT2D eigenvalue weighted by Gasteiger charge is 2.25. The summed E-state index contributed by atoms with van der Waals surface area (Å²) in [6.07, 6.45) is -0.203. The van der Waals surface area contributed by atoms with Crippen LogP contribution in [-0.2, 0) is 6.54 Å². The first-order valence-corrected chi connectivity index (χ1v) is 10.4. The number of ether oxygens (including phenoxy) is 4. The molecule has 33 heavy (non-hydrogen) atoms. The molecule has 9 heteroatoms. The van der Waals surface area contributed by atoms with Crippen molar-refractivity contribution < 1.29 is 28.7 Å². The number of carbonyl (C=O) groups excluding carboxylic acids is 1. The Balaban J connectivity index is 1.46. The number of nitrogens with zero attached hydrogens (tertiary/aromatic N) is 2. The van der Waals surface area contributed by atoms with Gasteiger partial charge in [-0.3, -0.25) is 14.9 Å². The largest absolute Gasteiger partial charge is 0.496 e. The molecule has 3 aromatic rings. The topological polar surface area (TPSA) is 102 Å². The molecule has 0 fully saturated rings. The van der Waals surface area contributed by atoms with Crippen LogP contribution in [0, 0.1) is 24.0 Å². The van der Waals surface area contributed by atoms with Gasteiger partial charge in [-0.1, -0.05) is 12.1 Å². The van der Waals surface area contributed by atoms with Crippen LogP contribution in [0.1, 0.15) is 21.7 Å². The van der Waals surface area contributed by atoms with Gasteiger partial charge >= 0.3 is 5.69 Å². The molecule has 1 aliphatic heterocycles. The number of methoxy groups -OCH3 is 1. The van der Waals surface area contributed by atoms with E-state index in [0.717, 1.165) is 17.1 Å². The van der Waals surface area contributed by atoms with E-state index in [4.69, 9.17) is 18.9 Å². The average molecular weight is 452 g/mol. The Labute approximate surface area is 190 Å². The van der Waals surface area contributed by atoms with E-state index in [1.807, 2.05) is 42.7 Å². The summed E-state index contributed by atoms with van der Waals surface area (Å²) in [5.41, 5.74) is 1.91. The van der Waals surface area contributed by atoms with Gasteiger partial charge in [0.2, 0.25) is 5.78 Å². The monoisotopic (exact) mass is 452 g/mol. The number of aryl methyl sites for hydroxylation is 1. The number of ketones is 1. The van der Waals surface area contributed by atoms with Crippen molar-refractivity contribution in [1.82, 2.24) is 4.57 Å². The number of nitro benzene ring substituents is 1. The summed E-state index contributed by atoms with van der Waals surface area (Å²) >= 11 is 0. The molecule has 0 saturated carbocycles.